The molecular weight excluding hydrogens is 289 g/mol. The second-order valence-electron chi connectivity index (χ2n) is 5.90. The van der Waals surface area contributed by atoms with Crippen LogP contribution in [-0.2, 0) is 17.8 Å². The summed E-state index contributed by atoms with van der Waals surface area (Å²) in [7, 11) is 1.79. The van der Waals surface area contributed by atoms with Gasteiger partial charge in [-0.2, -0.15) is 4.79 Å². The summed E-state index contributed by atoms with van der Waals surface area (Å²) in [5.74, 6) is 0. The fourth-order valence-electron chi connectivity index (χ4n) is 2.00. The number of quaternary nitrogens is 1. The summed E-state index contributed by atoms with van der Waals surface area (Å²) in [5, 5.41) is 0.404. The fourth-order valence-corrected chi connectivity index (χ4v) is 2.47. The molecule has 19 heavy (non-hydrogen) atoms. The van der Waals surface area contributed by atoms with Crippen LogP contribution < -0.4 is 0 Å². The molecule has 0 radical (unpaired) electrons. The lowest BCUT2D eigenvalue weighted by Gasteiger charge is -2.28. The van der Waals surface area contributed by atoms with Crippen LogP contribution in [0.25, 0.3) is 0 Å². The standard InChI is InChI=1S/C12H16Cl2N3O2/c1-12(2,3)19-11(18)17(4)5-7-8(6-17)15-10(14)16-9(7)13/h5-6H2,1-4H3/q+1. The van der Waals surface area contributed by atoms with Crippen molar-refractivity contribution in [2.45, 2.75) is 39.5 Å². The minimum atomic E-state index is -0.528. The zero-order valence-electron chi connectivity index (χ0n) is 11.3. The molecule has 2 heterocycles. The molecule has 1 amide bonds. The Morgan fingerprint density at radius 1 is 1.26 bits per heavy atom. The molecule has 0 spiro atoms. The van der Waals surface area contributed by atoms with Gasteiger partial charge in [0.05, 0.1) is 12.6 Å². The number of rotatable bonds is 0. The molecule has 0 aromatic carbocycles. The number of nitrogens with zero attached hydrogens (tertiary/aromatic N) is 3. The van der Waals surface area contributed by atoms with Gasteiger partial charge >= 0.3 is 6.09 Å². The fraction of sp³-hybridized carbons (Fsp3) is 0.583. The average molecular weight is 305 g/mol. The van der Waals surface area contributed by atoms with E-state index < -0.39 is 5.60 Å². The van der Waals surface area contributed by atoms with Crippen molar-refractivity contribution >= 4 is 29.3 Å². The highest BCUT2D eigenvalue weighted by molar-refractivity contribution is 6.32. The first-order valence-corrected chi connectivity index (χ1v) is 6.65. The summed E-state index contributed by atoms with van der Waals surface area (Å²) < 4.78 is 5.51. The van der Waals surface area contributed by atoms with Crippen LogP contribution in [0.15, 0.2) is 0 Å². The van der Waals surface area contributed by atoms with Crippen LogP contribution in [0.1, 0.15) is 32.0 Å². The van der Waals surface area contributed by atoms with Gasteiger partial charge < -0.3 is 4.74 Å². The number of ether oxygens (including phenoxy) is 1. The quantitative estimate of drug-likeness (QED) is 0.420. The second kappa shape index (κ2) is 4.58. The number of hydrogen-bond donors (Lipinski definition) is 0. The van der Waals surface area contributed by atoms with E-state index in [0.717, 1.165) is 5.56 Å². The third kappa shape index (κ3) is 2.99. The third-order valence-corrected chi connectivity index (χ3v) is 3.34. The minimum Gasteiger partial charge on any atom is -0.414 e. The van der Waals surface area contributed by atoms with Gasteiger partial charge in [0.1, 0.15) is 29.5 Å². The van der Waals surface area contributed by atoms with E-state index in [0.29, 0.717) is 23.9 Å². The van der Waals surface area contributed by atoms with E-state index in [1.54, 1.807) is 7.05 Å². The first-order chi connectivity index (χ1) is 8.61. The van der Waals surface area contributed by atoms with Crippen molar-refractivity contribution in [2.24, 2.45) is 0 Å². The van der Waals surface area contributed by atoms with E-state index in [1.807, 2.05) is 20.8 Å². The van der Waals surface area contributed by atoms with Crippen LogP contribution in [0.2, 0.25) is 10.4 Å². The molecule has 1 unspecified atom stereocenters. The molecule has 5 nitrogen and oxygen atoms in total. The monoisotopic (exact) mass is 304 g/mol. The zero-order chi connectivity index (χ0) is 14.4. The molecular formula is C12H16Cl2N3O2+. The number of hydrogen-bond acceptors (Lipinski definition) is 4. The lowest BCUT2D eigenvalue weighted by atomic mass is 10.2. The number of aromatic nitrogens is 2. The molecule has 0 aliphatic carbocycles. The van der Waals surface area contributed by atoms with E-state index in [4.69, 9.17) is 27.9 Å². The van der Waals surface area contributed by atoms with Crippen LogP contribution in [0, 0.1) is 0 Å². The molecule has 1 aliphatic heterocycles. The maximum absolute atomic E-state index is 12.3. The molecule has 0 fully saturated rings. The molecule has 1 aliphatic rings. The lowest BCUT2D eigenvalue weighted by Crippen LogP contribution is -2.47. The molecule has 1 aromatic rings. The number of carbonyl (C=O) groups excluding carboxylic acids is 1. The zero-order valence-corrected chi connectivity index (χ0v) is 12.8. The molecule has 1 aromatic heterocycles. The summed E-state index contributed by atoms with van der Waals surface area (Å²) in [4.78, 5) is 20.3. The van der Waals surface area contributed by atoms with Gasteiger partial charge in [-0.25, -0.2) is 14.5 Å². The predicted molar refractivity (Wildman–Crippen MR) is 71.9 cm³/mol. The summed E-state index contributed by atoms with van der Waals surface area (Å²) in [5.41, 5.74) is 0.943. The predicted octanol–water partition coefficient (Wildman–Crippen LogP) is 3.18. The maximum Gasteiger partial charge on any atom is 0.516 e. The molecule has 0 saturated carbocycles. The van der Waals surface area contributed by atoms with Crippen molar-refractivity contribution in [3.8, 4) is 0 Å². The van der Waals surface area contributed by atoms with Crippen molar-refractivity contribution < 1.29 is 14.0 Å². The van der Waals surface area contributed by atoms with E-state index in [9.17, 15) is 4.79 Å². The average Bonchev–Trinajstić information content (AvgIpc) is 2.54. The minimum absolute atomic E-state index is 0.0708. The Bertz CT molecular complexity index is 543. The topological polar surface area (TPSA) is 52.1 Å². The first kappa shape index (κ1) is 14.5. The van der Waals surface area contributed by atoms with Crippen LogP contribution in [-0.4, -0.2) is 33.2 Å². The number of halogens is 2. The summed E-state index contributed by atoms with van der Waals surface area (Å²) in [6.45, 7) is 6.34. The Morgan fingerprint density at radius 3 is 2.47 bits per heavy atom. The molecule has 104 valence electrons. The van der Waals surface area contributed by atoms with E-state index in [2.05, 4.69) is 9.97 Å². The Hall–Kier alpha value is -0.910. The highest BCUT2D eigenvalue weighted by atomic mass is 35.5. The van der Waals surface area contributed by atoms with Crippen LogP contribution in [0.5, 0.6) is 0 Å². The Morgan fingerprint density at radius 2 is 1.89 bits per heavy atom. The lowest BCUT2D eigenvalue weighted by molar-refractivity contribution is -0.858. The highest BCUT2D eigenvalue weighted by Gasteiger charge is 2.44. The Kier molecular flexibility index (Phi) is 3.49. The molecule has 0 saturated heterocycles. The van der Waals surface area contributed by atoms with Crippen LogP contribution >= 0.6 is 23.2 Å². The van der Waals surface area contributed by atoms with Crippen molar-refractivity contribution in [3.05, 3.63) is 21.7 Å². The molecule has 1 atom stereocenters. The second-order valence-corrected chi connectivity index (χ2v) is 6.60. The molecule has 0 N–H and O–H groups in total. The maximum atomic E-state index is 12.3. The van der Waals surface area contributed by atoms with Crippen LogP contribution in [0.4, 0.5) is 4.79 Å². The molecule has 0 bridgehead atoms. The highest BCUT2D eigenvalue weighted by Crippen LogP contribution is 2.33. The largest absolute Gasteiger partial charge is 0.516 e. The molecule has 2 rings (SSSR count). The van der Waals surface area contributed by atoms with Gasteiger partial charge in [0.15, 0.2) is 0 Å². The van der Waals surface area contributed by atoms with Gasteiger partial charge in [-0.05, 0) is 32.4 Å². The summed E-state index contributed by atoms with van der Waals surface area (Å²) >= 11 is 11.8. The normalized spacial score (nSPS) is 22.2. The third-order valence-electron chi connectivity index (χ3n) is 2.86. The Balaban J connectivity index is 2.27. The van der Waals surface area contributed by atoms with Crippen molar-refractivity contribution in [2.75, 3.05) is 7.05 Å². The summed E-state index contributed by atoms with van der Waals surface area (Å²) in [6.07, 6.45) is -0.308. The number of amides is 1. The van der Waals surface area contributed by atoms with Gasteiger partial charge in [0.2, 0.25) is 5.28 Å². The van der Waals surface area contributed by atoms with Crippen molar-refractivity contribution in [3.63, 3.8) is 0 Å². The van der Waals surface area contributed by atoms with Crippen molar-refractivity contribution in [1.82, 2.24) is 9.97 Å². The first-order valence-electron chi connectivity index (χ1n) is 5.90. The Labute approximate surface area is 122 Å². The van der Waals surface area contributed by atoms with Crippen LogP contribution in [0.3, 0.4) is 0 Å². The summed E-state index contributed by atoms with van der Waals surface area (Å²) in [6, 6.07) is 0. The van der Waals surface area contributed by atoms with Gasteiger partial charge in [-0.1, -0.05) is 11.6 Å². The smallest absolute Gasteiger partial charge is 0.414 e. The van der Waals surface area contributed by atoms with Gasteiger partial charge in [-0.3, -0.25) is 0 Å². The van der Waals surface area contributed by atoms with Gasteiger partial charge in [-0.15, -0.1) is 0 Å². The van der Waals surface area contributed by atoms with E-state index in [-0.39, 0.29) is 15.9 Å². The van der Waals surface area contributed by atoms with Gasteiger partial charge in [0.25, 0.3) is 0 Å². The van der Waals surface area contributed by atoms with E-state index in [1.165, 1.54) is 0 Å². The molecule has 7 heteroatoms. The number of carbonyl (C=O) groups is 1. The SMILES string of the molecule is CC(C)(C)OC(=O)[N+]1(C)Cc2nc(Cl)nc(Cl)c2C1. The van der Waals surface area contributed by atoms with Crippen molar-refractivity contribution in [1.29, 1.82) is 0 Å². The van der Waals surface area contributed by atoms with E-state index >= 15 is 0 Å². The van der Waals surface area contributed by atoms with Gasteiger partial charge in [0, 0.05) is 0 Å². The number of fused-ring (bicyclic) bond motifs is 1.